The molecule has 0 atom stereocenters. The summed E-state index contributed by atoms with van der Waals surface area (Å²) in [4.78, 5) is 28.0. The van der Waals surface area contributed by atoms with Crippen LogP contribution in [0.4, 0.5) is 4.39 Å². The number of nitrogens with one attached hydrogen (secondary N) is 1. The lowest BCUT2D eigenvalue weighted by atomic mass is 10.1. The summed E-state index contributed by atoms with van der Waals surface area (Å²) in [5.74, 6) is -0.259. The Labute approximate surface area is 160 Å². The van der Waals surface area contributed by atoms with Crippen molar-refractivity contribution in [2.24, 2.45) is 0 Å². The second-order valence-corrected chi connectivity index (χ2v) is 7.66. The molecule has 128 valence electrons. The van der Waals surface area contributed by atoms with Crippen molar-refractivity contribution in [1.82, 2.24) is 4.98 Å². The molecule has 0 bridgehead atoms. The predicted molar refractivity (Wildman–Crippen MR) is 103 cm³/mol. The van der Waals surface area contributed by atoms with Crippen LogP contribution in [0, 0.1) is 5.82 Å². The smallest absolute Gasteiger partial charge is 0.202 e. The zero-order valence-electron chi connectivity index (χ0n) is 13.0. The molecular formula is C18H12BrClFNO2S. The van der Waals surface area contributed by atoms with Gasteiger partial charge in [0.25, 0.3) is 0 Å². The minimum atomic E-state index is -0.408. The number of carbonyl (C=O) groups excluding carboxylic acids is 1. The molecule has 0 saturated carbocycles. The van der Waals surface area contributed by atoms with Gasteiger partial charge in [0.1, 0.15) is 5.82 Å². The van der Waals surface area contributed by atoms with Crippen molar-refractivity contribution in [3.63, 3.8) is 0 Å². The summed E-state index contributed by atoms with van der Waals surface area (Å²) < 4.78 is 14.0. The summed E-state index contributed by atoms with van der Waals surface area (Å²) in [5, 5.41) is 0.997. The minimum Gasteiger partial charge on any atom is -0.348 e. The molecule has 0 spiro atoms. The number of fused-ring (bicyclic) bond motifs is 1. The van der Waals surface area contributed by atoms with Crippen LogP contribution in [0.1, 0.15) is 22.8 Å². The van der Waals surface area contributed by atoms with E-state index >= 15 is 0 Å². The summed E-state index contributed by atoms with van der Waals surface area (Å²) in [6, 6.07) is 9.53. The number of aromatic nitrogens is 1. The average Bonchev–Trinajstić information content (AvgIpc) is 2.55. The molecule has 2 aromatic carbocycles. The Bertz CT molecular complexity index is 1050. The van der Waals surface area contributed by atoms with Crippen molar-refractivity contribution in [2.45, 2.75) is 17.7 Å². The molecular weight excluding hydrogens is 429 g/mol. The van der Waals surface area contributed by atoms with Gasteiger partial charge in [0.05, 0.1) is 26.5 Å². The fourth-order valence-corrected chi connectivity index (χ4v) is 4.23. The Morgan fingerprint density at radius 3 is 2.76 bits per heavy atom. The molecule has 25 heavy (non-hydrogen) atoms. The number of pyridine rings is 1. The Morgan fingerprint density at radius 2 is 2.08 bits per heavy atom. The molecule has 3 aromatic rings. The maximum Gasteiger partial charge on any atom is 0.202 e. The number of rotatable bonds is 4. The quantitative estimate of drug-likeness (QED) is 0.426. The summed E-state index contributed by atoms with van der Waals surface area (Å²) in [6.45, 7) is 1.34. The van der Waals surface area contributed by atoms with Gasteiger partial charge in [0, 0.05) is 10.2 Å². The highest BCUT2D eigenvalue weighted by molar-refractivity contribution is 9.10. The summed E-state index contributed by atoms with van der Waals surface area (Å²) in [6.07, 6.45) is 0. The van der Waals surface area contributed by atoms with E-state index in [-0.39, 0.29) is 27.6 Å². The third-order valence-corrected chi connectivity index (χ3v) is 5.70. The van der Waals surface area contributed by atoms with Gasteiger partial charge in [-0.25, -0.2) is 4.39 Å². The maximum atomic E-state index is 13.3. The summed E-state index contributed by atoms with van der Waals surface area (Å²) in [5.41, 5.74) is 0.943. The van der Waals surface area contributed by atoms with E-state index in [9.17, 15) is 14.0 Å². The molecule has 1 aromatic heterocycles. The molecule has 0 saturated heterocycles. The van der Waals surface area contributed by atoms with Crippen molar-refractivity contribution < 1.29 is 9.18 Å². The second-order valence-electron chi connectivity index (χ2n) is 5.41. The molecule has 0 radical (unpaired) electrons. The fraction of sp³-hybridized carbons (Fsp3) is 0.111. The Balaban J connectivity index is 2.13. The molecule has 3 rings (SSSR count). The van der Waals surface area contributed by atoms with Gasteiger partial charge in [0.15, 0.2) is 5.78 Å². The zero-order chi connectivity index (χ0) is 18.1. The molecule has 0 unspecified atom stereocenters. The number of ketones is 1. The lowest BCUT2D eigenvalue weighted by Gasteiger charge is -2.11. The van der Waals surface area contributed by atoms with E-state index in [1.807, 2.05) is 0 Å². The molecule has 7 heteroatoms. The standard InChI is InChI=1S/C18H12BrClFNO2S/c1-9(23)14-17(24)15-13(20)6-5-12(19)16(15)22-18(14)25-8-10-3-2-4-11(21)7-10/h2-7H,8H2,1H3,(H,22,24). The highest BCUT2D eigenvalue weighted by Gasteiger charge is 2.19. The molecule has 0 aliphatic heterocycles. The number of H-pyrrole nitrogens is 1. The first kappa shape index (κ1) is 18.2. The Kier molecular flexibility index (Phi) is 5.32. The first-order valence-corrected chi connectivity index (χ1v) is 9.46. The van der Waals surface area contributed by atoms with E-state index in [0.717, 1.165) is 5.56 Å². The second kappa shape index (κ2) is 7.32. The molecule has 1 N–H and O–H groups in total. The number of carbonyl (C=O) groups is 1. The van der Waals surface area contributed by atoms with Gasteiger partial charge in [-0.3, -0.25) is 9.59 Å². The third kappa shape index (κ3) is 3.66. The van der Waals surface area contributed by atoms with Crippen LogP contribution < -0.4 is 5.43 Å². The van der Waals surface area contributed by atoms with Crippen molar-refractivity contribution >= 4 is 56.0 Å². The van der Waals surface area contributed by atoms with E-state index in [1.165, 1.54) is 30.8 Å². The molecule has 0 amide bonds. The monoisotopic (exact) mass is 439 g/mol. The van der Waals surface area contributed by atoms with Crippen LogP contribution in [0.25, 0.3) is 10.9 Å². The first-order chi connectivity index (χ1) is 11.9. The highest BCUT2D eigenvalue weighted by atomic mass is 79.9. The number of benzene rings is 2. The van der Waals surface area contributed by atoms with Crippen molar-refractivity contribution in [3.05, 3.63) is 73.1 Å². The van der Waals surface area contributed by atoms with Gasteiger partial charge in [0.2, 0.25) is 5.43 Å². The average molecular weight is 441 g/mol. The van der Waals surface area contributed by atoms with Crippen LogP contribution in [0.5, 0.6) is 0 Å². The van der Waals surface area contributed by atoms with Gasteiger partial charge in [-0.15, -0.1) is 11.8 Å². The maximum absolute atomic E-state index is 13.3. The third-order valence-electron chi connectivity index (χ3n) is 3.65. The van der Waals surface area contributed by atoms with Crippen LogP contribution in [0.15, 0.2) is 50.7 Å². The van der Waals surface area contributed by atoms with Crippen LogP contribution in [0.3, 0.4) is 0 Å². The lowest BCUT2D eigenvalue weighted by molar-refractivity contribution is 0.101. The van der Waals surface area contributed by atoms with E-state index in [1.54, 1.807) is 24.3 Å². The lowest BCUT2D eigenvalue weighted by Crippen LogP contribution is -2.17. The first-order valence-electron chi connectivity index (χ1n) is 7.30. The van der Waals surface area contributed by atoms with Crippen LogP contribution in [-0.2, 0) is 5.75 Å². The fourth-order valence-electron chi connectivity index (χ4n) is 2.51. The molecule has 0 aliphatic rings. The highest BCUT2D eigenvalue weighted by Crippen LogP contribution is 2.31. The van der Waals surface area contributed by atoms with E-state index in [0.29, 0.717) is 20.8 Å². The molecule has 0 fully saturated rings. The van der Waals surface area contributed by atoms with E-state index in [4.69, 9.17) is 11.6 Å². The largest absolute Gasteiger partial charge is 0.348 e. The summed E-state index contributed by atoms with van der Waals surface area (Å²) >= 11 is 10.8. The number of aromatic amines is 1. The van der Waals surface area contributed by atoms with Crippen molar-refractivity contribution in [2.75, 3.05) is 0 Å². The number of thioether (sulfide) groups is 1. The zero-order valence-corrected chi connectivity index (χ0v) is 16.2. The number of halogens is 3. The normalized spacial score (nSPS) is 11.0. The van der Waals surface area contributed by atoms with Gasteiger partial charge >= 0.3 is 0 Å². The van der Waals surface area contributed by atoms with Gasteiger partial charge in [-0.2, -0.15) is 0 Å². The Hall–Kier alpha value is -1.63. The number of hydrogen-bond acceptors (Lipinski definition) is 3. The molecule has 0 aliphatic carbocycles. The van der Waals surface area contributed by atoms with Gasteiger partial charge < -0.3 is 4.98 Å². The van der Waals surface area contributed by atoms with Crippen molar-refractivity contribution in [1.29, 1.82) is 0 Å². The van der Waals surface area contributed by atoms with Gasteiger partial charge in [-0.1, -0.05) is 23.7 Å². The van der Waals surface area contributed by atoms with Crippen LogP contribution in [0.2, 0.25) is 5.02 Å². The minimum absolute atomic E-state index is 0.0638. The van der Waals surface area contributed by atoms with Crippen LogP contribution in [-0.4, -0.2) is 10.8 Å². The summed E-state index contributed by atoms with van der Waals surface area (Å²) in [7, 11) is 0. The Morgan fingerprint density at radius 1 is 1.32 bits per heavy atom. The number of Topliss-reactive ketones (excluding diaryl/α,β-unsaturated/α-hetero) is 1. The van der Waals surface area contributed by atoms with Crippen molar-refractivity contribution in [3.8, 4) is 0 Å². The number of hydrogen-bond donors (Lipinski definition) is 1. The van der Waals surface area contributed by atoms with E-state index in [2.05, 4.69) is 20.9 Å². The molecule has 1 heterocycles. The van der Waals surface area contributed by atoms with E-state index < -0.39 is 5.43 Å². The SMILES string of the molecule is CC(=O)c1c(SCc2cccc(F)c2)[nH]c2c(Br)ccc(Cl)c2c1=O. The molecule has 3 nitrogen and oxygen atoms in total. The predicted octanol–water partition coefficient (Wildman–Crippen LogP) is 5.58. The van der Waals surface area contributed by atoms with Gasteiger partial charge in [-0.05, 0) is 52.7 Å². The van der Waals surface area contributed by atoms with Crippen LogP contribution >= 0.6 is 39.3 Å². The topological polar surface area (TPSA) is 49.9 Å².